The maximum Gasteiger partial charge on any atom is 0.230 e. The summed E-state index contributed by atoms with van der Waals surface area (Å²) < 4.78 is 5.87. The second-order valence-electron chi connectivity index (χ2n) is 5.65. The van der Waals surface area contributed by atoms with E-state index in [4.69, 9.17) is 16.0 Å². The highest BCUT2D eigenvalue weighted by molar-refractivity contribution is 8.00. The number of amides is 1. The lowest BCUT2D eigenvalue weighted by molar-refractivity contribution is -0.118. The van der Waals surface area contributed by atoms with Crippen molar-refractivity contribution in [1.82, 2.24) is 15.3 Å². The Morgan fingerprint density at radius 3 is 2.92 bits per heavy atom. The minimum Gasteiger partial charge on any atom is -0.451 e. The van der Waals surface area contributed by atoms with Gasteiger partial charge in [0.2, 0.25) is 5.91 Å². The summed E-state index contributed by atoms with van der Waals surface area (Å²) in [5.41, 5.74) is 3.09. The molecule has 0 bridgehead atoms. The highest BCUT2D eigenvalue weighted by Crippen LogP contribution is 2.32. The van der Waals surface area contributed by atoms with Crippen molar-refractivity contribution in [1.29, 1.82) is 0 Å². The summed E-state index contributed by atoms with van der Waals surface area (Å²) >= 11 is 7.28. The van der Waals surface area contributed by atoms with Gasteiger partial charge in [-0.15, -0.1) is 0 Å². The van der Waals surface area contributed by atoms with Crippen LogP contribution < -0.4 is 5.32 Å². The van der Waals surface area contributed by atoms with E-state index in [1.54, 1.807) is 6.07 Å². The van der Waals surface area contributed by atoms with Gasteiger partial charge in [0.05, 0.1) is 5.75 Å². The number of hydrogen-bond donors (Lipinski definition) is 1. The Bertz CT molecular complexity index is 1100. The first-order valence-electron chi connectivity index (χ1n) is 7.97. The Hall–Kier alpha value is -2.57. The number of hydrogen-bond acceptors (Lipinski definition) is 5. The molecule has 2 heterocycles. The van der Waals surface area contributed by atoms with Crippen molar-refractivity contribution >= 4 is 51.3 Å². The van der Waals surface area contributed by atoms with Crippen LogP contribution >= 0.6 is 23.4 Å². The monoisotopic (exact) mass is 383 g/mol. The van der Waals surface area contributed by atoms with Gasteiger partial charge in [-0.1, -0.05) is 47.6 Å². The number of nitrogens with one attached hydrogen (secondary N) is 1. The number of furan rings is 1. The van der Waals surface area contributed by atoms with Gasteiger partial charge in [0, 0.05) is 17.0 Å². The van der Waals surface area contributed by atoms with E-state index < -0.39 is 0 Å². The zero-order valence-corrected chi connectivity index (χ0v) is 15.2. The Morgan fingerprint density at radius 1 is 1.15 bits per heavy atom. The van der Waals surface area contributed by atoms with Gasteiger partial charge in [-0.3, -0.25) is 4.79 Å². The van der Waals surface area contributed by atoms with Crippen LogP contribution in [0.2, 0.25) is 5.02 Å². The van der Waals surface area contributed by atoms with E-state index in [-0.39, 0.29) is 11.7 Å². The first kappa shape index (κ1) is 16.9. The molecule has 0 aliphatic rings. The molecule has 0 saturated heterocycles. The van der Waals surface area contributed by atoms with Gasteiger partial charge in [0.1, 0.15) is 22.5 Å². The third-order valence-corrected chi connectivity index (χ3v) is 5.05. The van der Waals surface area contributed by atoms with Gasteiger partial charge in [-0.05, 0) is 29.8 Å². The van der Waals surface area contributed by atoms with Crippen LogP contribution in [0.4, 0.5) is 0 Å². The van der Waals surface area contributed by atoms with E-state index in [1.165, 1.54) is 18.1 Å². The lowest BCUT2D eigenvalue weighted by atomic mass is 10.2. The molecule has 0 aliphatic heterocycles. The van der Waals surface area contributed by atoms with E-state index in [0.29, 0.717) is 22.2 Å². The third kappa shape index (κ3) is 3.52. The average Bonchev–Trinajstić information content (AvgIpc) is 3.04. The molecule has 26 heavy (non-hydrogen) atoms. The molecule has 0 aliphatic carbocycles. The zero-order chi connectivity index (χ0) is 17.9. The fourth-order valence-corrected chi connectivity index (χ4v) is 3.61. The summed E-state index contributed by atoms with van der Waals surface area (Å²) in [5, 5.41) is 5.13. The van der Waals surface area contributed by atoms with Gasteiger partial charge in [-0.25, -0.2) is 9.97 Å². The van der Waals surface area contributed by atoms with Crippen LogP contribution in [0.3, 0.4) is 0 Å². The van der Waals surface area contributed by atoms with E-state index in [1.807, 2.05) is 42.5 Å². The number of aromatic nitrogens is 2. The number of benzene rings is 2. The number of halogens is 1. The van der Waals surface area contributed by atoms with Crippen LogP contribution in [-0.2, 0) is 11.3 Å². The van der Waals surface area contributed by atoms with Gasteiger partial charge < -0.3 is 9.73 Å². The average molecular weight is 384 g/mol. The predicted molar refractivity (Wildman–Crippen MR) is 103 cm³/mol. The molecule has 0 fully saturated rings. The van der Waals surface area contributed by atoms with Gasteiger partial charge in [-0.2, -0.15) is 0 Å². The van der Waals surface area contributed by atoms with E-state index >= 15 is 0 Å². The van der Waals surface area contributed by atoms with Gasteiger partial charge in [0.15, 0.2) is 5.58 Å². The Balaban J connectivity index is 1.45. The van der Waals surface area contributed by atoms with Crippen LogP contribution in [0, 0.1) is 0 Å². The van der Waals surface area contributed by atoms with Crippen molar-refractivity contribution in [2.45, 2.75) is 11.6 Å². The van der Waals surface area contributed by atoms with Crippen molar-refractivity contribution in [3.8, 4) is 0 Å². The molecule has 1 N–H and O–H groups in total. The molecule has 2 aromatic heterocycles. The number of carbonyl (C=O) groups is 1. The summed E-state index contributed by atoms with van der Waals surface area (Å²) in [4.78, 5) is 20.7. The maximum absolute atomic E-state index is 12.1. The van der Waals surface area contributed by atoms with E-state index in [9.17, 15) is 4.79 Å². The molecule has 0 saturated carbocycles. The molecule has 4 rings (SSSR count). The van der Waals surface area contributed by atoms with Crippen LogP contribution in [-0.4, -0.2) is 21.6 Å². The maximum atomic E-state index is 12.1. The zero-order valence-electron chi connectivity index (χ0n) is 13.6. The van der Waals surface area contributed by atoms with Crippen LogP contribution in [0.5, 0.6) is 0 Å². The minimum atomic E-state index is -0.0853. The predicted octanol–water partition coefficient (Wildman–Crippen LogP) is 4.44. The highest BCUT2D eigenvalue weighted by Gasteiger charge is 2.14. The van der Waals surface area contributed by atoms with Crippen molar-refractivity contribution in [2.75, 3.05) is 5.75 Å². The van der Waals surface area contributed by atoms with Crippen molar-refractivity contribution in [2.24, 2.45) is 0 Å². The van der Waals surface area contributed by atoms with Crippen molar-refractivity contribution < 1.29 is 9.21 Å². The smallest absolute Gasteiger partial charge is 0.230 e. The van der Waals surface area contributed by atoms with Crippen LogP contribution in [0.1, 0.15) is 5.56 Å². The van der Waals surface area contributed by atoms with E-state index in [2.05, 4.69) is 15.3 Å². The Kier molecular flexibility index (Phi) is 4.77. The van der Waals surface area contributed by atoms with Crippen LogP contribution in [0.15, 0.2) is 64.3 Å². The number of thioether (sulfide) groups is 1. The molecule has 4 aromatic rings. The fourth-order valence-electron chi connectivity index (χ4n) is 2.64. The number of fused-ring (bicyclic) bond motifs is 3. The number of nitrogens with zero attached hydrogens (tertiary/aromatic N) is 2. The number of rotatable bonds is 5. The number of para-hydroxylation sites is 1. The highest BCUT2D eigenvalue weighted by atomic mass is 35.5. The second kappa shape index (κ2) is 7.35. The standard InChI is InChI=1S/C19H14ClN3O2S/c20-13-5-3-4-12(8-13)9-21-16(24)10-26-19-18-17(22-11-23-19)14-6-1-2-7-15(14)25-18/h1-8,11H,9-10H2,(H,21,24). The molecule has 5 nitrogen and oxygen atoms in total. The summed E-state index contributed by atoms with van der Waals surface area (Å²) in [6.07, 6.45) is 1.50. The molecule has 0 radical (unpaired) electrons. The first-order valence-corrected chi connectivity index (χ1v) is 9.33. The first-order chi connectivity index (χ1) is 12.7. The lowest BCUT2D eigenvalue weighted by Gasteiger charge is -2.05. The molecule has 2 aromatic carbocycles. The Labute approximate surface area is 158 Å². The van der Waals surface area contributed by atoms with Gasteiger partial charge in [0.25, 0.3) is 0 Å². The SMILES string of the molecule is O=C(CSc1ncnc2c1oc1ccccc12)NCc1cccc(Cl)c1. The number of carbonyl (C=O) groups excluding carboxylic acids is 1. The summed E-state index contributed by atoms with van der Waals surface area (Å²) in [6.45, 7) is 0.434. The summed E-state index contributed by atoms with van der Waals surface area (Å²) in [7, 11) is 0. The minimum absolute atomic E-state index is 0.0853. The molecular weight excluding hydrogens is 370 g/mol. The van der Waals surface area contributed by atoms with Crippen molar-refractivity contribution in [3.63, 3.8) is 0 Å². The van der Waals surface area contributed by atoms with E-state index in [0.717, 1.165) is 22.0 Å². The van der Waals surface area contributed by atoms with Crippen molar-refractivity contribution in [3.05, 3.63) is 65.4 Å². The molecule has 130 valence electrons. The normalized spacial score (nSPS) is 11.1. The largest absolute Gasteiger partial charge is 0.451 e. The third-order valence-electron chi connectivity index (χ3n) is 3.84. The summed E-state index contributed by atoms with van der Waals surface area (Å²) in [6, 6.07) is 15.1. The fraction of sp³-hybridized carbons (Fsp3) is 0.105. The molecule has 0 atom stereocenters. The molecule has 0 spiro atoms. The van der Waals surface area contributed by atoms with Gasteiger partial charge >= 0.3 is 0 Å². The molecule has 0 unspecified atom stereocenters. The topological polar surface area (TPSA) is 68.0 Å². The Morgan fingerprint density at radius 2 is 2.04 bits per heavy atom. The van der Waals surface area contributed by atoms with Crippen LogP contribution in [0.25, 0.3) is 22.1 Å². The molecular formula is C19H14ClN3O2S. The molecule has 1 amide bonds. The quantitative estimate of drug-likeness (QED) is 0.407. The molecule has 7 heteroatoms. The summed E-state index contributed by atoms with van der Waals surface area (Å²) in [5.74, 6) is 0.154. The second-order valence-corrected chi connectivity index (χ2v) is 7.05. The lowest BCUT2D eigenvalue weighted by Crippen LogP contribution is -2.24.